The van der Waals surface area contributed by atoms with Crippen molar-refractivity contribution in [3.63, 3.8) is 0 Å². The van der Waals surface area contributed by atoms with Crippen LogP contribution in [0, 0.1) is 15.5 Å². The Morgan fingerprint density at radius 2 is 1.80 bits per heavy atom. The molecule has 0 radical (unpaired) electrons. The molecule has 25 heavy (non-hydrogen) atoms. The average Bonchev–Trinajstić information content (AvgIpc) is 2.99. The first-order valence-corrected chi connectivity index (χ1v) is 7.88. The molecule has 2 aromatic rings. The Morgan fingerprint density at radius 3 is 2.44 bits per heavy atom. The van der Waals surface area contributed by atoms with E-state index in [1.807, 2.05) is 13.8 Å². The van der Waals surface area contributed by atoms with Crippen LogP contribution >= 0.6 is 0 Å². The molecule has 0 bridgehead atoms. The molecule has 0 saturated heterocycles. The van der Waals surface area contributed by atoms with Gasteiger partial charge in [0.15, 0.2) is 11.6 Å². The summed E-state index contributed by atoms with van der Waals surface area (Å²) in [5.74, 6) is 0.439. The minimum atomic E-state index is -0.476. The summed E-state index contributed by atoms with van der Waals surface area (Å²) < 4.78 is 5.65. The van der Waals surface area contributed by atoms with Crippen molar-refractivity contribution in [3.8, 4) is 11.3 Å². The van der Waals surface area contributed by atoms with Crippen molar-refractivity contribution in [3.05, 3.63) is 57.8 Å². The molecule has 0 unspecified atom stereocenters. The maximum atomic E-state index is 12.2. The number of carbonyl (C=O) groups is 2. The molecular formula is C19H17NO5. The fraction of sp³-hybridized carbons (Fsp3) is 0.263. The van der Waals surface area contributed by atoms with Gasteiger partial charge in [-0.05, 0) is 23.6 Å². The topological polar surface area (TPSA) is 90.4 Å². The van der Waals surface area contributed by atoms with E-state index in [1.165, 1.54) is 18.2 Å². The van der Waals surface area contributed by atoms with Gasteiger partial charge in [-0.25, -0.2) is 0 Å². The summed E-state index contributed by atoms with van der Waals surface area (Å²) in [4.78, 5) is 34.8. The van der Waals surface area contributed by atoms with Gasteiger partial charge in [-0.2, -0.15) is 0 Å². The van der Waals surface area contributed by atoms with Crippen LogP contribution in [0.25, 0.3) is 17.4 Å². The Labute approximate surface area is 144 Å². The van der Waals surface area contributed by atoms with Crippen LogP contribution in [-0.2, 0) is 9.59 Å². The van der Waals surface area contributed by atoms with Gasteiger partial charge >= 0.3 is 0 Å². The van der Waals surface area contributed by atoms with Gasteiger partial charge in [-0.3, -0.25) is 19.7 Å². The Hall–Kier alpha value is -3.02. The second-order valence-electron chi connectivity index (χ2n) is 6.93. The summed E-state index contributed by atoms with van der Waals surface area (Å²) in [5.41, 5.74) is 0.359. The fourth-order valence-electron chi connectivity index (χ4n) is 2.94. The van der Waals surface area contributed by atoms with E-state index in [9.17, 15) is 19.7 Å². The number of nitro groups is 1. The molecule has 0 aliphatic heterocycles. The zero-order chi connectivity index (χ0) is 18.2. The molecule has 6 nitrogen and oxygen atoms in total. The van der Waals surface area contributed by atoms with E-state index >= 15 is 0 Å². The van der Waals surface area contributed by atoms with E-state index in [1.54, 1.807) is 24.3 Å². The van der Waals surface area contributed by atoms with Crippen LogP contribution in [-0.4, -0.2) is 16.5 Å². The first-order chi connectivity index (χ1) is 11.7. The van der Waals surface area contributed by atoms with Gasteiger partial charge in [0, 0.05) is 30.5 Å². The van der Waals surface area contributed by atoms with Gasteiger partial charge < -0.3 is 4.42 Å². The SMILES string of the molecule is CC1(C)CC(=O)C(=Cc2ccc(-c3cccc([N+](=O)[O-])c3)o2)C(=O)C1. The number of nitrogens with zero attached hydrogens (tertiary/aromatic N) is 1. The third-order valence-corrected chi connectivity index (χ3v) is 4.13. The number of allylic oxidation sites excluding steroid dienone is 1. The van der Waals surface area contributed by atoms with Gasteiger partial charge in [0.1, 0.15) is 11.5 Å². The summed E-state index contributed by atoms with van der Waals surface area (Å²) in [5, 5.41) is 10.9. The van der Waals surface area contributed by atoms with Gasteiger partial charge in [0.25, 0.3) is 5.69 Å². The lowest BCUT2D eigenvalue weighted by atomic mass is 9.74. The third kappa shape index (κ3) is 3.57. The molecule has 1 aromatic carbocycles. The standard InChI is InChI=1S/C19H17NO5/c1-19(2)10-16(21)15(17(22)11-19)9-14-6-7-18(25-14)12-4-3-5-13(8-12)20(23)24/h3-9H,10-11H2,1-2H3. The number of benzene rings is 1. The number of ketones is 2. The molecule has 1 aliphatic carbocycles. The zero-order valence-corrected chi connectivity index (χ0v) is 13.9. The van der Waals surface area contributed by atoms with Gasteiger partial charge in [0.2, 0.25) is 0 Å². The van der Waals surface area contributed by atoms with Crippen molar-refractivity contribution < 1.29 is 18.9 Å². The van der Waals surface area contributed by atoms with Gasteiger partial charge in [-0.1, -0.05) is 26.0 Å². The van der Waals surface area contributed by atoms with Crippen LogP contribution in [0.2, 0.25) is 0 Å². The minimum absolute atomic E-state index is 0.0336. The Bertz CT molecular complexity index is 882. The first-order valence-electron chi connectivity index (χ1n) is 7.88. The van der Waals surface area contributed by atoms with Crippen LogP contribution in [0.3, 0.4) is 0 Å². The maximum Gasteiger partial charge on any atom is 0.270 e. The molecular weight excluding hydrogens is 322 g/mol. The summed E-state index contributed by atoms with van der Waals surface area (Å²) in [6.45, 7) is 3.79. The van der Waals surface area contributed by atoms with Crippen molar-refractivity contribution in [2.24, 2.45) is 5.41 Å². The van der Waals surface area contributed by atoms with E-state index in [4.69, 9.17) is 4.42 Å². The van der Waals surface area contributed by atoms with Crippen LogP contribution in [0.15, 0.2) is 46.4 Å². The van der Waals surface area contributed by atoms with E-state index in [-0.39, 0.29) is 28.2 Å². The normalized spacial score (nSPS) is 16.8. The highest BCUT2D eigenvalue weighted by Crippen LogP contribution is 2.35. The van der Waals surface area contributed by atoms with E-state index < -0.39 is 4.92 Å². The molecule has 1 heterocycles. The Morgan fingerprint density at radius 1 is 1.12 bits per heavy atom. The predicted molar refractivity (Wildman–Crippen MR) is 91.8 cm³/mol. The molecule has 1 aromatic heterocycles. The molecule has 1 saturated carbocycles. The minimum Gasteiger partial charge on any atom is -0.457 e. The summed E-state index contributed by atoms with van der Waals surface area (Å²) >= 11 is 0. The zero-order valence-electron chi connectivity index (χ0n) is 13.9. The van der Waals surface area contributed by atoms with E-state index in [0.717, 1.165) is 0 Å². The smallest absolute Gasteiger partial charge is 0.270 e. The predicted octanol–water partition coefficient (Wildman–Crippen LogP) is 4.20. The quantitative estimate of drug-likeness (QED) is 0.362. The lowest BCUT2D eigenvalue weighted by Crippen LogP contribution is -2.31. The number of furan rings is 1. The number of hydrogen-bond acceptors (Lipinski definition) is 5. The molecule has 0 spiro atoms. The monoisotopic (exact) mass is 339 g/mol. The van der Waals surface area contributed by atoms with Crippen molar-refractivity contribution in [1.82, 2.24) is 0 Å². The molecule has 3 rings (SSSR count). The van der Waals surface area contributed by atoms with Crippen LogP contribution in [0.5, 0.6) is 0 Å². The van der Waals surface area contributed by atoms with E-state index in [2.05, 4.69) is 0 Å². The Kier molecular flexibility index (Phi) is 4.12. The summed E-state index contributed by atoms with van der Waals surface area (Å²) in [6, 6.07) is 9.38. The molecule has 1 fully saturated rings. The third-order valence-electron chi connectivity index (χ3n) is 4.13. The number of hydrogen-bond donors (Lipinski definition) is 0. The second kappa shape index (κ2) is 6.12. The molecule has 6 heteroatoms. The van der Waals surface area contributed by atoms with Crippen molar-refractivity contribution in [2.45, 2.75) is 26.7 Å². The maximum absolute atomic E-state index is 12.2. The highest BCUT2D eigenvalue weighted by molar-refractivity contribution is 6.25. The van der Waals surface area contributed by atoms with Gasteiger partial charge in [0.05, 0.1) is 10.5 Å². The molecule has 128 valence electrons. The molecule has 0 amide bonds. The lowest BCUT2D eigenvalue weighted by Gasteiger charge is -2.28. The van der Waals surface area contributed by atoms with Crippen LogP contribution in [0.1, 0.15) is 32.4 Å². The molecule has 0 N–H and O–H groups in total. The number of Topliss-reactive ketones (excluding diaryl/α,β-unsaturated/α-hetero) is 2. The number of carbonyl (C=O) groups excluding carboxylic acids is 2. The van der Waals surface area contributed by atoms with Crippen molar-refractivity contribution in [1.29, 1.82) is 0 Å². The number of non-ortho nitro benzene ring substituents is 1. The van der Waals surface area contributed by atoms with Crippen molar-refractivity contribution >= 4 is 23.3 Å². The molecule has 0 atom stereocenters. The van der Waals surface area contributed by atoms with Crippen LogP contribution in [0.4, 0.5) is 5.69 Å². The van der Waals surface area contributed by atoms with Crippen LogP contribution < -0.4 is 0 Å². The number of rotatable bonds is 3. The fourth-order valence-corrected chi connectivity index (χ4v) is 2.94. The Balaban J connectivity index is 1.89. The average molecular weight is 339 g/mol. The van der Waals surface area contributed by atoms with Crippen molar-refractivity contribution in [2.75, 3.05) is 0 Å². The highest BCUT2D eigenvalue weighted by atomic mass is 16.6. The molecule has 1 aliphatic rings. The number of nitro benzene ring substituents is 1. The highest BCUT2D eigenvalue weighted by Gasteiger charge is 2.35. The first kappa shape index (κ1) is 16.8. The second-order valence-corrected chi connectivity index (χ2v) is 6.93. The summed E-state index contributed by atoms with van der Waals surface area (Å²) in [7, 11) is 0. The lowest BCUT2D eigenvalue weighted by molar-refractivity contribution is -0.384. The largest absolute Gasteiger partial charge is 0.457 e. The van der Waals surface area contributed by atoms with Gasteiger partial charge in [-0.15, -0.1) is 0 Å². The summed E-state index contributed by atoms with van der Waals surface area (Å²) in [6.07, 6.45) is 2.10. The van der Waals surface area contributed by atoms with E-state index in [0.29, 0.717) is 29.9 Å².